The van der Waals surface area contributed by atoms with Crippen molar-refractivity contribution in [2.45, 2.75) is 19.8 Å². The number of methoxy groups -OCH3 is 3. The minimum Gasteiger partial charge on any atom is -0.468 e. The van der Waals surface area contributed by atoms with Crippen LogP contribution < -0.4 is 0 Å². The monoisotopic (exact) mass is 258 g/mol. The Morgan fingerprint density at radius 2 is 1.50 bits per heavy atom. The minimum absolute atomic E-state index is 0.0574. The van der Waals surface area contributed by atoms with Gasteiger partial charge in [-0.2, -0.15) is 0 Å². The molecule has 18 heavy (non-hydrogen) atoms. The molecule has 6 heteroatoms. The first kappa shape index (κ1) is 16.1. The predicted molar refractivity (Wildman–Crippen MR) is 62.5 cm³/mol. The van der Waals surface area contributed by atoms with Crippen LogP contribution in [0.2, 0.25) is 0 Å². The van der Waals surface area contributed by atoms with E-state index in [4.69, 9.17) is 0 Å². The molecule has 0 aliphatic carbocycles. The van der Waals surface area contributed by atoms with Crippen molar-refractivity contribution in [1.82, 2.24) is 0 Å². The zero-order chi connectivity index (χ0) is 14.1. The summed E-state index contributed by atoms with van der Waals surface area (Å²) in [6.45, 7) is 1.90. The number of carbonyl (C=O) groups excluding carboxylic acids is 3. The molecule has 0 aliphatic rings. The molecule has 0 aromatic carbocycles. The number of allylic oxidation sites excluding steroid dienone is 1. The highest BCUT2D eigenvalue weighted by atomic mass is 16.5. The highest BCUT2D eigenvalue weighted by molar-refractivity contribution is 6.07. The summed E-state index contributed by atoms with van der Waals surface area (Å²) in [5.41, 5.74) is -0.0574. The Balaban J connectivity index is 5.40. The fourth-order valence-corrected chi connectivity index (χ4v) is 1.32. The van der Waals surface area contributed by atoms with E-state index in [1.807, 2.05) is 6.92 Å². The smallest absolute Gasteiger partial charge is 0.334 e. The van der Waals surface area contributed by atoms with Gasteiger partial charge in [-0.25, -0.2) is 4.79 Å². The highest BCUT2D eigenvalue weighted by Crippen LogP contribution is 2.18. The molecule has 0 aromatic rings. The number of ether oxygens (including phenoxy) is 3. The average Bonchev–Trinajstić information content (AvgIpc) is 2.40. The maximum absolute atomic E-state index is 11.6. The SMILES string of the molecule is CCC/C=C(\C(=O)OC)C(C(=O)OC)C(=O)OC. The Hall–Kier alpha value is -1.85. The van der Waals surface area contributed by atoms with Crippen molar-refractivity contribution in [3.8, 4) is 0 Å². The van der Waals surface area contributed by atoms with Crippen LogP contribution in [0, 0.1) is 5.92 Å². The van der Waals surface area contributed by atoms with Gasteiger partial charge in [0.25, 0.3) is 0 Å². The van der Waals surface area contributed by atoms with E-state index in [1.54, 1.807) is 0 Å². The Morgan fingerprint density at radius 3 is 1.83 bits per heavy atom. The molecule has 6 nitrogen and oxygen atoms in total. The third-order valence-electron chi connectivity index (χ3n) is 2.26. The first-order valence-electron chi connectivity index (χ1n) is 5.47. The number of esters is 3. The van der Waals surface area contributed by atoms with Crippen LogP contribution in [-0.2, 0) is 28.6 Å². The summed E-state index contributed by atoms with van der Waals surface area (Å²) < 4.78 is 13.6. The van der Waals surface area contributed by atoms with Crippen LogP contribution in [0.5, 0.6) is 0 Å². The molecule has 0 heterocycles. The first-order valence-corrected chi connectivity index (χ1v) is 5.47. The van der Waals surface area contributed by atoms with Crippen LogP contribution in [-0.4, -0.2) is 39.2 Å². The molecular weight excluding hydrogens is 240 g/mol. The van der Waals surface area contributed by atoms with Crippen molar-refractivity contribution in [3.05, 3.63) is 11.6 Å². The Labute approximate surface area is 106 Å². The second-order valence-electron chi connectivity index (χ2n) is 3.42. The standard InChI is InChI=1S/C12H18O6/c1-5-6-7-8(10(13)16-2)9(11(14)17-3)12(15)18-4/h7,9H,5-6H2,1-4H3/b8-7-. The lowest BCUT2D eigenvalue weighted by molar-refractivity contribution is -0.159. The fraction of sp³-hybridized carbons (Fsp3) is 0.583. The van der Waals surface area contributed by atoms with E-state index in [2.05, 4.69) is 14.2 Å². The van der Waals surface area contributed by atoms with Crippen LogP contribution in [0.3, 0.4) is 0 Å². The summed E-state index contributed by atoms with van der Waals surface area (Å²) in [4.78, 5) is 34.7. The normalized spacial score (nSPS) is 11.1. The minimum atomic E-state index is -1.40. The molecule has 0 bridgehead atoms. The van der Waals surface area contributed by atoms with Crippen molar-refractivity contribution < 1.29 is 28.6 Å². The van der Waals surface area contributed by atoms with Gasteiger partial charge in [0, 0.05) is 0 Å². The van der Waals surface area contributed by atoms with E-state index in [-0.39, 0.29) is 5.57 Å². The van der Waals surface area contributed by atoms with Gasteiger partial charge in [0.05, 0.1) is 26.9 Å². The molecule has 0 saturated heterocycles. The topological polar surface area (TPSA) is 78.9 Å². The Kier molecular flexibility index (Phi) is 7.42. The average molecular weight is 258 g/mol. The lowest BCUT2D eigenvalue weighted by atomic mass is 9.97. The maximum Gasteiger partial charge on any atom is 0.334 e. The number of carbonyl (C=O) groups is 3. The summed E-state index contributed by atoms with van der Waals surface area (Å²) in [7, 11) is 3.44. The first-order chi connectivity index (χ1) is 8.53. The fourth-order valence-electron chi connectivity index (χ4n) is 1.32. The van der Waals surface area contributed by atoms with Crippen molar-refractivity contribution in [2.75, 3.05) is 21.3 Å². The zero-order valence-electron chi connectivity index (χ0n) is 11.0. The number of rotatable bonds is 6. The maximum atomic E-state index is 11.6. The van der Waals surface area contributed by atoms with Crippen LogP contribution in [0.1, 0.15) is 19.8 Å². The largest absolute Gasteiger partial charge is 0.468 e. The van der Waals surface area contributed by atoms with Crippen molar-refractivity contribution in [2.24, 2.45) is 5.92 Å². The number of unbranched alkanes of at least 4 members (excludes halogenated alkanes) is 1. The molecule has 0 unspecified atom stereocenters. The van der Waals surface area contributed by atoms with Gasteiger partial charge in [-0.05, 0) is 6.42 Å². The van der Waals surface area contributed by atoms with Gasteiger partial charge in [0.2, 0.25) is 0 Å². The molecule has 0 fully saturated rings. The molecule has 0 rings (SSSR count). The third-order valence-corrected chi connectivity index (χ3v) is 2.26. The molecule has 0 aromatic heterocycles. The highest BCUT2D eigenvalue weighted by Gasteiger charge is 2.36. The van der Waals surface area contributed by atoms with Gasteiger partial charge in [0.1, 0.15) is 0 Å². The van der Waals surface area contributed by atoms with Crippen LogP contribution in [0.15, 0.2) is 11.6 Å². The summed E-state index contributed by atoms with van der Waals surface area (Å²) in [5, 5.41) is 0. The van der Waals surface area contributed by atoms with E-state index < -0.39 is 23.8 Å². The molecule has 102 valence electrons. The van der Waals surface area contributed by atoms with Gasteiger partial charge in [-0.1, -0.05) is 19.4 Å². The molecule has 0 amide bonds. The number of hydrogen-bond acceptors (Lipinski definition) is 6. The van der Waals surface area contributed by atoms with E-state index in [0.29, 0.717) is 6.42 Å². The number of hydrogen-bond donors (Lipinski definition) is 0. The Bertz CT molecular complexity index is 328. The van der Waals surface area contributed by atoms with Crippen molar-refractivity contribution in [3.63, 3.8) is 0 Å². The third kappa shape index (κ3) is 4.20. The van der Waals surface area contributed by atoms with Crippen LogP contribution >= 0.6 is 0 Å². The van der Waals surface area contributed by atoms with E-state index >= 15 is 0 Å². The Morgan fingerprint density at radius 1 is 1.00 bits per heavy atom. The summed E-state index contributed by atoms with van der Waals surface area (Å²) in [5.74, 6) is -3.85. The molecular formula is C12H18O6. The summed E-state index contributed by atoms with van der Waals surface area (Å²) in [6.07, 6.45) is 2.79. The molecule has 0 spiro atoms. The van der Waals surface area contributed by atoms with Gasteiger partial charge >= 0.3 is 17.9 Å². The molecule has 0 saturated carbocycles. The van der Waals surface area contributed by atoms with Gasteiger partial charge in [-0.15, -0.1) is 0 Å². The molecule has 0 radical (unpaired) electrons. The van der Waals surface area contributed by atoms with E-state index in [1.165, 1.54) is 13.2 Å². The quantitative estimate of drug-likeness (QED) is 0.304. The van der Waals surface area contributed by atoms with Gasteiger partial charge < -0.3 is 14.2 Å². The van der Waals surface area contributed by atoms with Gasteiger partial charge in [0.15, 0.2) is 5.92 Å². The van der Waals surface area contributed by atoms with Crippen molar-refractivity contribution >= 4 is 17.9 Å². The van der Waals surface area contributed by atoms with Crippen molar-refractivity contribution in [1.29, 1.82) is 0 Å². The van der Waals surface area contributed by atoms with Crippen LogP contribution in [0.4, 0.5) is 0 Å². The summed E-state index contributed by atoms with van der Waals surface area (Å²) >= 11 is 0. The van der Waals surface area contributed by atoms with E-state index in [0.717, 1.165) is 20.6 Å². The second-order valence-corrected chi connectivity index (χ2v) is 3.42. The van der Waals surface area contributed by atoms with E-state index in [9.17, 15) is 14.4 Å². The van der Waals surface area contributed by atoms with Crippen LogP contribution in [0.25, 0.3) is 0 Å². The van der Waals surface area contributed by atoms with Gasteiger partial charge in [-0.3, -0.25) is 9.59 Å². The summed E-state index contributed by atoms with van der Waals surface area (Å²) in [6, 6.07) is 0. The lowest BCUT2D eigenvalue weighted by Gasteiger charge is -2.14. The molecule has 0 N–H and O–H groups in total. The zero-order valence-corrected chi connectivity index (χ0v) is 11.0. The predicted octanol–water partition coefficient (Wildman–Crippen LogP) is 0.848. The lowest BCUT2D eigenvalue weighted by Crippen LogP contribution is -2.32. The molecule has 0 aliphatic heterocycles. The second kappa shape index (κ2) is 8.27. The molecule has 0 atom stereocenters.